The molecule has 7 amide bonds. The Morgan fingerprint density at radius 1 is 0.793 bits per heavy atom. The molecule has 4 heterocycles. The van der Waals surface area contributed by atoms with E-state index in [1.54, 1.807) is 77.9 Å². The Kier molecular flexibility index (Phi) is 10.9. The van der Waals surface area contributed by atoms with Crippen LogP contribution in [0.4, 0.5) is 21.0 Å². The maximum atomic E-state index is 14.3. The Balaban J connectivity index is 1.12. The molecule has 0 spiro atoms. The first-order valence-electron chi connectivity index (χ1n) is 19.3. The second-order valence-electron chi connectivity index (χ2n) is 17.6. The Bertz CT molecular complexity index is 2090. The molecule has 18 nitrogen and oxygen atoms in total. The van der Waals surface area contributed by atoms with E-state index in [1.165, 1.54) is 11.8 Å². The molecule has 0 bridgehead atoms. The van der Waals surface area contributed by atoms with Crippen molar-refractivity contribution in [3.8, 4) is 0 Å². The van der Waals surface area contributed by atoms with Crippen molar-refractivity contribution in [3.63, 3.8) is 0 Å². The van der Waals surface area contributed by atoms with Crippen molar-refractivity contribution in [2.75, 3.05) is 23.7 Å². The average Bonchev–Trinajstić information content (AvgIpc) is 3.66. The molecule has 2 N–H and O–H groups in total. The lowest BCUT2D eigenvalue weighted by molar-refractivity contribution is -0.927. The summed E-state index contributed by atoms with van der Waals surface area (Å²) in [7, 11) is 0. The third-order valence-corrected chi connectivity index (χ3v) is 11.0. The molecule has 6 rings (SSSR count). The summed E-state index contributed by atoms with van der Waals surface area (Å²) in [6, 6.07) is 7.42. The van der Waals surface area contributed by atoms with E-state index in [0.29, 0.717) is 16.7 Å². The van der Waals surface area contributed by atoms with Crippen LogP contribution in [0.5, 0.6) is 0 Å². The number of carbonyl (C=O) groups is 7. The number of amides is 7. The Morgan fingerprint density at radius 3 is 1.97 bits per heavy atom. The van der Waals surface area contributed by atoms with Gasteiger partial charge in [-0.1, -0.05) is 18.2 Å². The lowest BCUT2D eigenvalue weighted by Crippen LogP contribution is -2.66. The van der Waals surface area contributed by atoms with Crippen LogP contribution in [0.25, 0.3) is 0 Å². The molecule has 0 saturated carbocycles. The fraction of sp³-hybridized carbons (Fsp3) is 0.525. The zero-order valence-corrected chi connectivity index (χ0v) is 33.7. The highest BCUT2D eigenvalue weighted by molar-refractivity contribution is 6.11. The zero-order valence-electron chi connectivity index (χ0n) is 33.7. The molecule has 6 atom stereocenters. The molecule has 4 aliphatic rings. The van der Waals surface area contributed by atoms with Crippen molar-refractivity contribution in [2.24, 2.45) is 5.92 Å². The van der Waals surface area contributed by atoms with Gasteiger partial charge in [-0.05, 0) is 73.1 Å². The Morgan fingerprint density at radius 2 is 1.36 bits per heavy atom. The lowest BCUT2D eigenvalue weighted by Gasteiger charge is -2.50. The maximum absolute atomic E-state index is 14.3. The van der Waals surface area contributed by atoms with E-state index in [1.807, 2.05) is 0 Å². The predicted molar refractivity (Wildman–Crippen MR) is 206 cm³/mol. The standard InChI is InChI=1S/C40H50N6O12/c1-23(33(48)41-29-14-9-12-26-27(29)19-43(35(26)50)25-16-17-32(47)46(56,21-25)38(53)58-40(5,6)7)34(49)42-30-13-8-11-24-20-44(54,22-28(24)30)31-15-10-18-45(55,36(31)51)37(52)57-39(2,3)4/h8-9,11-14,23,25,31H,10,15-22H2,1-7H3,(H,41,48)(H,42,49). The number of nitrogens with one attached hydrogen (secondary N) is 2. The van der Waals surface area contributed by atoms with Crippen molar-refractivity contribution in [2.45, 2.75) is 117 Å². The number of likely N-dealkylation sites (tertiary alicyclic amines) is 2. The van der Waals surface area contributed by atoms with Gasteiger partial charge >= 0.3 is 24.0 Å². The summed E-state index contributed by atoms with van der Waals surface area (Å²) in [5.41, 5.74) is 0.138. The Labute approximate surface area is 335 Å². The minimum absolute atomic E-state index is 0.0304. The normalized spacial score (nSPS) is 27.7. The third kappa shape index (κ3) is 7.99. The van der Waals surface area contributed by atoms with Crippen LogP contribution >= 0.6 is 0 Å². The van der Waals surface area contributed by atoms with Crippen molar-refractivity contribution in [3.05, 3.63) is 74.3 Å². The number of rotatable bonds is 6. The molecule has 0 aliphatic carbocycles. The fourth-order valence-electron chi connectivity index (χ4n) is 7.95. The number of quaternary nitrogens is 3. The van der Waals surface area contributed by atoms with E-state index in [0.717, 1.165) is 0 Å². The molecular weight excluding hydrogens is 756 g/mol. The smallest absolute Gasteiger partial charge is 0.524 e. The van der Waals surface area contributed by atoms with E-state index in [-0.39, 0.29) is 68.8 Å². The van der Waals surface area contributed by atoms with Crippen molar-refractivity contribution in [1.29, 1.82) is 0 Å². The van der Waals surface area contributed by atoms with Gasteiger partial charge in [-0.2, -0.15) is 18.9 Å². The second-order valence-corrected chi connectivity index (χ2v) is 17.6. The molecule has 18 heteroatoms. The van der Waals surface area contributed by atoms with E-state index in [2.05, 4.69) is 10.6 Å². The molecule has 0 radical (unpaired) electrons. The van der Waals surface area contributed by atoms with E-state index in [9.17, 15) is 49.2 Å². The number of nitrogens with zero attached hydrogens (tertiary/aromatic N) is 4. The summed E-state index contributed by atoms with van der Waals surface area (Å²) in [6.07, 6.45) is -2.35. The van der Waals surface area contributed by atoms with Gasteiger partial charge in [0.05, 0.1) is 24.7 Å². The molecule has 2 aromatic carbocycles. The predicted octanol–water partition coefficient (Wildman–Crippen LogP) is 5.06. The van der Waals surface area contributed by atoms with Crippen LogP contribution in [0.1, 0.15) is 101 Å². The minimum Gasteiger partial charge on any atom is -0.632 e. The van der Waals surface area contributed by atoms with Crippen LogP contribution in [0.2, 0.25) is 0 Å². The van der Waals surface area contributed by atoms with Crippen LogP contribution in [0, 0.1) is 21.5 Å². The third-order valence-electron chi connectivity index (χ3n) is 11.0. The van der Waals surface area contributed by atoms with Gasteiger partial charge in [-0.3, -0.25) is 14.4 Å². The molecule has 6 unspecified atom stereocenters. The number of piperidine rings is 2. The zero-order chi connectivity index (χ0) is 42.7. The monoisotopic (exact) mass is 806 g/mol. The highest BCUT2D eigenvalue weighted by Gasteiger charge is 2.55. The number of imide groups is 2. The number of anilines is 2. The van der Waals surface area contributed by atoms with Crippen molar-refractivity contribution < 1.29 is 57.0 Å². The number of ether oxygens (including phenoxy) is 2. The average molecular weight is 807 g/mol. The van der Waals surface area contributed by atoms with Crippen molar-refractivity contribution in [1.82, 2.24) is 4.90 Å². The van der Waals surface area contributed by atoms with Gasteiger partial charge in [0.1, 0.15) is 36.8 Å². The number of hydrogen-bond acceptors (Lipinski definition) is 12. The SMILES string of the molecule is CC(C(=O)Nc1cccc2c1C[N+]([O-])(C1CCC[N+]([O-])(C(=O)OC(C)(C)C)C1=O)C2)C(=O)Nc1cccc2c1CN(C1CCC(=O)[N+]([O-])(C(=O)OC(C)(C)C)C1)C2=O. The topological polar surface area (TPSA) is 234 Å². The lowest BCUT2D eigenvalue weighted by atomic mass is 10.0. The minimum atomic E-state index is -1.89. The molecule has 0 aromatic heterocycles. The molecule has 2 saturated heterocycles. The number of hydroxylamine groups is 9. The maximum Gasteiger partial charge on any atom is 0.524 e. The van der Waals surface area contributed by atoms with Crippen molar-refractivity contribution >= 4 is 53.1 Å². The summed E-state index contributed by atoms with van der Waals surface area (Å²) < 4.78 is 5.62. The largest absolute Gasteiger partial charge is 0.632 e. The first-order chi connectivity index (χ1) is 26.9. The van der Waals surface area contributed by atoms with Crippen LogP contribution in [-0.4, -0.2) is 96.9 Å². The highest BCUT2D eigenvalue weighted by atomic mass is 16.7. The van der Waals surface area contributed by atoms with Gasteiger partial charge in [-0.25, -0.2) is 9.59 Å². The van der Waals surface area contributed by atoms with E-state index >= 15 is 0 Å². The first kappa shape index (κ1) is 42.5. The van der Waals surface area contributed by atoms with E-state index in [4.69, 9.17) is 9.47 Å². The van der Waals surface area contributed by atoms with Gasteiger partial charge < -0.3 is 45.3 Å². The molecule has 4 aliphatic heterocycles. The molecule has 2 aromatic rings. The summed E-state index contributed by atoms with van der Waals surface area (Å²) >= 11 is 0. The highest BCUT2D eigenvalue weighted by Crippen LogP contribution is 2.41. The fourth-order valence-corrected chi connectivity index (χ4v) is 7.95. The van der Waals surface area contributed by atoms with Gasteiger partial charge in [0.2, 0.25) is 17.9 Å². The van der Waals surface area contributed by atoms with Gasteiger partial charge in [0.15, 0.2) is 0 Å². The van der Waals surface area contributed by atoms with Crippen LogP contribution in [-0.2, 0) is 48.3 Å². The summed E-state index contributed by atoms with van der Waals surface area (Å²) in [6.45, 7) is 9.50. The number of fused-ring (bicyclic) bond motifs is 2. The van der Waals surface area contributed by atoms with Crippen LogP contribution in [0.3, 0.4) is 0 Å². The summed E-state index contributed by atoms with van der Waals surface area (Å²) in [4.78, 5) is 94.0. The number of benzene rings is 2. The number of hydrogen-bond donors (Lipinski definition) is 2. The van der Waals surface area contributed by atoms with Gasteiger partial charge in [0, 0.05) is 47.3 Å². The number of carbonyl (C=O) groups excluding carboxylic acids is 7. The van der Waals surface area contributed by atoms with Crippen LogP contribution < -0.4 is 10.6 Å². The molecular formula is C40H50N6O12. The molecule has 312 valence electrons. The summed E-state index contributed by atoms with van der Waals surface area (Å²) in [5, 5.41) is 46.9. The van der Waals surface area contributed by atoms with Crippen LogP contribution in [0.15, 0.2) is 36.4 Å². The molecule has 58 heavy (non-hydrogen) atoms. The summed E-state index contributed by atoms with van der Waals surface area (Å²) in [5.74, 6) is -5.07. The quantitative estimate of drug-likeness (QED) is 0.221. The van der Waals surface area contributed by atoms with Gasteiger partial charge in [0.25, 0.3) is 5.91 Å². The first-order valence-corrected chi connectivity index (χ1v) is 19.3. The van der Waals surface area contributed by atoms with E-state index < -0.39 is 91.4 Å². The second kappa shape index (κ2) is 14.9. The molecule has 2 fully saturated rings. The van der Waals surface area contributed by atoms with Gasteiger partial charge in [-0.15, -0.1) is 0 Å². The Hall–Kier alpha value is -5.11.